The van der Waals surface area contributed by atoms with Crippen LogP contribution in [0.25, 0.3) is 6.08 Å². The maximum absolute atomic E-state index is 5.39. The Morgan fingerprint density at radius 3 is 2.68 bits per heavy atom. The molecule has 0 aromatic heterocycles. The van der Waals surface area contributed by atoms with Crippen LogP contribution >= 0.6 is 11.9 Å². The Hall–Kier alpha value is -1.03. The molecule has 102 valence electrons. The van der Waals surface area contributed by atoms with Gasteiger partial charge >= 0.3 is 0 Å². The molecule has 3 heteroatoms. The molecule has 0 aliphatic carbocycles. The van der Waals surface area contributed by atoms with Crippen molar-refractivity contribution >= 4 is 18.0 Å². The lowest BCUT2D eigenvalue weighted by Crippen LogP contribution is -2.33. The van der Waals surface area contributed by atoms with Crippen LogP contribution in [0.1, 0.15) is 18.4 Å². The molecule has 0 bridgehead atoms. The summed E-state index contributed by atoms with van der Waals surface area (Å²) in [6.07, 6.45) is 6.36. The molecule has 2 rings (SSSR count). The molecule has 0 amide bonds. The molecule has 0 radical (unpaired) electrons. The Balaban J connectivity index is 1.76. The molecule has 1 saturated heterocycles. The fraction of sp³-hybridized carbons (Fsp3) is 0.375. The maximum atomic E-state index is 5.39. The Bertz CT molecular complexity index is 398. The minimum absolute atomic E-state index is 0.356. The highest BCUT2D eigenvalue weighted by Gasteiger charge is 2.21. The van der Waals surface area contributed by atoms with Crippen molar-refractivity contribution < 1.29 is 4.74 Å². The molecule has 0 spiro atoms. The molecule has 1 atom stereocenters. The SMILES string of the molecule is C=CC(NS/C=C/c1ccccc1)C1CCOCC1. The van der Waals surface area contributed by atoms with Gasteiger partial charge in [-0.2, -0.15) is 0 Å². The van der Waals surface area contributed by atoms with Crippen molar-refractivity contribution in [3.8, 4) is 0 Å². The second-order valence-corrected chi connectivity index (χ2v) is 5.40. The standard InChI is InChI=1S/C16H21NOS/c1-2-16(15-8-11-18-12-9-15)17-19-13-10-14-6-4-3-5-7-14/h2-7,10,13,15-17H,1,8-9,11-12H2/b13-10+. The molecule has 1 aromatic carbocycles. The molecule has 1 aromatic rings. The maximum Gasteiger partial charge on any atom is 0.0469 e. The van der Waals surface area contributed by atoms with E-state index >= 15 is 0 Å². The van der Waals surface area contributed by atoms with E-state index in [1.54, 1.807) is 11.9 Å². The lowest BCUT2D eigenvalue weighted by molar-refractivity contribution is 0.0617. The summed E-state index contributed by atoms with van der Waals surface area (Å²) in [4.78, 5) is 0. The molecule has 0 saturated carbocycles. The average Bonchev–Trinajstić information content (AvgIpc) is 2.49. The first kappa shape index (κ1) is 14.4. The minimum Gasteiger partial charge on any atom is -0.381 e. The zero-order chi connectivity index (χ0) is 13.3. The molecule has 19 heavy (non-hydrogen) atoms. The van der Waals surface area contributed by atoms with Gasteiger partial charge in [-0.05, 0) is 35.8 Å². The van der Waals surface area contributed by atoms with Crippen LogP contribution in [0.4, 0.5) is 0 Å². The van der Waals surface area contributed by atoms with E-state index in [9.17, 15) is 0 Å². The smallest absolute Gasteiger partial charge is 0.0469 e. The third-order valence-electron chi connectivity index (χ3n) is 3.36. The minimum atomic E-state index is 0.356. The first-order valence-corrected chi connectivity index (χ1v) is 7.61. The van der Waals surface area contributed by atoms with E-state index < -0.39 is 0 Å². The fourth-order valence-electron chi connectivity index (χ4n) is 2.21. The van der Waals surface area contributed by atoms with Gasteiger partial charge < -0.3 is 4.74 Å². The first-order valence-electron chi connectivity index (χ1n) is 6.73. The normalized spacial score (nSPS) is 18.5. The topological polar surface area (TPSA) is 21.3 Å². The van der Waals surface area contributed by atoms with Crippen LogP contribution in [0.15, 0.2) is 48.4 Å². The zero-order valence-corrected chi connectivity index (χ0v) is 11.9. The predicted octanol–water partition coefficient (Wildman–Crippen LogP) is 3.88. The highest BCUT2D eigenvalue weighted by Crippen LogP contribution is 2.21. The van der Waals surface area contributed by atoms with E-state index in [2.05, 4.69) is 34.9 Å². The van der Waals surface area contributed by atoms with Gasteiger partial charge in [0.15, 0.2) is 0 Å². The average molecular weight is 275 g/mol. The van der Waals surface area contributed by atoms with Crippen molar-refractivity contribution in [3.05, 3.63) is 54.0 Å². The second-order valence-electron chi connectivity index (χ2n) is 4.66. The van der Waals surface area contributed by atoms with Gasteiger partial charge in [0.05, 0.1) is 0 Å². The quantitative estimate of drug-likeness (QED) is 0.629. The van der Waals surface area contributed by atoms with Crippen molar-refractivity contribution in [2.45, 2.75) is 18.9 Å². The molecular weight excluding hydrogens is 254 g/mol. The van der Waals surface area contributed by atoms with E-state index in [0.717, 1.165) is 26.1 Å². The zero-order valence-electron chi connectivity index (χ0n) is 11.1. The van der Waals surface area contributed by atoms with Crippen molar-refractivity contribution in [2.24, 2.45) is 5.92 Å². The number of rotatable bonds is 6. The molecule has 1 aliphatic rings. The number of hydrogen-bond acceptors (Lipinski definition) is 3. The van der Waals surface area contributed by atoms with Crippen molar-refractivity contribution in [2.75, 3.05) is 13.2 Å². The molecule has 1 N–H and O–H groups in total. The van der Waals surface area contributed by atoms with Gasteiger partial charge in [0.2, 0.25) is 0 Å². The van der Waals surface area contributed by atoms with Gasteiger partial charge in [-0.1, -0.05) is 48.4 Å². The van der Waals surface area contributed by atoms with Crippen molar-refractivity contribution in [1.29, 1.82) is 0 Å². The number of benzene rings is 1. The summed E-state index contributed by atoms with van der Waals surface area (Å²) < 4.78 is 8.86. The van der Waals surface area contributed by atoms with E-state index in [-0.39, 0.29) is 0 Å². The van der Waals surface area contributed by atoms with Gasteiger partial charge in [-0.3, -0.25) is 4.72 Å². The van der Waals surface area contributed by atoms with Crippen LogP contribution in [-0.2, 0) is 4.74 Å². The van der Waals surface area contributed by atoms with Crippen LogP contribution in [0.3, 0.4) is 0 Å². The molecule has 2 nitrogen and oxygen atoms in total. The molecular formula is C16H21NOS. The van der Waals surface area contributed by atoms with E-state index in [1.165, 1.54) is 5.56 Å². The summed E-state index contributed by atoms with van der Waals surface area (Å²) >= 11 is 1.63. The summed E-state index contributed by atoms with van der Waals surface area (Å²) in [5.74, 6) is 0.642. The van der Waals surface area contributed by atoms with Gasteiger partial charge in [0.25, 0.3) is 0 Å². The van der Waals surface area contributed by atoms with Crippen molar-refractivity contribution in [1.82, 2.24) is 4.72 Å². The van der Waals surface area contributed by atoms with E-state index in [0.29, 0.717) is 12.0 Å². The van der Waals surface area contributed by atoms with Crippen LogP contribution in [0.2, 0.25) is 0 Å². The number of hydrogen-bond donors (Lipinski definition) is 1. The lowest BCUT2D eigenvalue weighted by atomic mass is 9.92. The molecule has 1 fully saturated rings. The highest BCUT2D eigenvalue weighted by atomic mass is 32.2. The van der Waals surface area contributed by atoms with E-state index in [1.807, 2.05) is 24.3 Å². The third kappa shape index (κ3) is 4.86. The molecule has 1 unspecified atom stereocenters. The molecule has 1 aliphatic heterocycles. The predicted molar refractivity (Wildman–Crippen MR) is 83.7 cm³/mol. The summed E-state index contributed by atoms with van der Waals surface area (Å²) in [5, 5.41) is 2.09. The van der Waals surface area contributed by atoms with Crippen LogP contribution < -0.4 is 4.72 Å². The first-order chi connectivity index (χ1) is 9.40. The Morgan fingerprint density at radius 1 is 1.26 bits per heavy atom. The Morgan fingerprint density at radius 2 is 2.00 bits per heavy atom. The second kappa shape index (κ2) is 8.20. The Labute approximate surface area is 120 Å². The van der Waals surface area contributed by atoms with Crippen LogP contribution in [0.5, 0.6) is 0 Å². The monoisotopic (exact) mass is 275 g/mol. The van der Waals surface area contributed by atoms with Gasteiger partial charge in [0, 0.05) is 19.3 Å². The summed E-state index contributed by atoms with van der Waals surface area (Å²) in [7, 11) is 0. The summed E-state index contributed by atoms with van der Waals surface area (Å²) in [5.41, 5.74) is 1.22. The third-order valence-corrected chi connectivity index (χ3v) is 4.04. The highest BCUT2D eigenvalue weighted by molar-refractivity contribution is 8.00. The van der Waals surface area contributed by atoms with Gasteiger partial charge in [-0.25, -0.2) is 0 Å². The molecule has 1 heterocycles. The van der Waals surface area contributed by atoms with Gasteiger partial charge in [-0.15, -0.1) is 6.58 Å². The largest absolute Gasteiger partial charge is 0.381 e. The van der Waals surface area contributed by atoms with Crippen LogP contribution in [0, 0.1) is 5.92 Å². The van der Waals surface area contributed by atoms with Gasteiger partial charge in [0.1, 0.15) is 0 Å². The van der Waals surface area contributed by atoms with Crippen molar-refractivity contribution in [3.63, 3.8) is 0 Å². The number of nitrogens with one attached hydrogen (secondary N) is 1. The van der Waals surface area contributed by atoms with E-state index in [4.69, 9.17) is 4.74 Å². The summed E-state index contributed by atoms with van der Waals surface area (Å²) in [6, 6.07) is 10.7. The Kier molecular flexibility index (Phi) is 6.21. The lowest BCUT2D eigenvalue weighted by Gasteiger charge is -2.28. The van der Waals surface area contributed by atoms with Crippen LogP contribution in [-0.4, -0.2) is 19.3 Å². The summed E-state index contributed by atoms with van der Waals surface area (Å²) in [6.45, 7) is 5.68. The number of ether oxygens (including phenoxy) is 1. The fourth-order valence-corrected chi connectivity index (χ4v) is 2.96.